The van der Waals surface area contributed by atoms with Crippen LogP contribution < -0.4 is 10.6 Å². The van der Waals surface area contributed by atoms with Crippen molar-refractivity contribution in [3.8, 4) is 0 Å². The van der Waals surface area contributed by atoms with Crippen LogP contribution in [0.3, 0.4) is 0 Å². The van der Waals surface area contributed by atoms with Gasteiger partial charge in [0.2, 0.25) is 0 Å². The van der Waals surface area contributed by atoms with Crippen LogP contribution in [-0.4, -0.2) is 32.8 Å². The normalized spacial score (nSPS) is 16.2. The first kappa shape index (κ1) is 12.3. The summed E-state index contributed by atoms with van der Waals surface area (Å²) in [5.74, 6) is -0.172. The van der Waals surface area contributed by atoms with E-state index in [0.717, 1.165) is 50.4 Å². The number of benzene rings is 1. The highest BCUT2D eigenvalue weighted by Gasteiger charge is 2.14. The molecule has 0 bridgehead atoms. The van der Waals surface area contributed by atoms with Gasteiger partial charge in [-0.25, -0.2) is 4.39 Å². The van der Waals surface area contributed by atoms with Crippen molar-refractivity contribution < 1.29 is 9.13 Å². The van der Waals surface area contributed by atoms with Gasteiger partial charge >= 0.3 is 0 Å². The Balaban J connectivity index is 2.18. The fraction of sp³-hybridized carbons (Fsp3) is 0.538. The monoisotopic (exact) mass is 238 g/mol. The third kappa shape index (κ3) is 3.17. The predicted molar refractivity (Wildman–Crippen MR) is 66.8 cm³/mol. The van der Waals surface area contributed by atoms with E-state index in [1.54, 1.807) is 6.07 Å². The molecule has 0 radical (unpaired) electrons. The number of halogens is 1. The van der Waals surface area contributed by atoms with Crippen molar-refractivity contribution in [2.75, 3.05) is 37.7 Å². The van der Waals surface area contributed by atoms with Crippen molar-refractivity contribution in [2.45, 2.75) is 12.8 Å². The Morgan fingerprint density at radius 1 is 1.29 bits per heavy atom. The van der Waals surface area contributed by atoms with E-state index in [1.807, 2.05) is 6.07 Å². The molecule has 1 aliphatic rings. The summed E-state index contributed by atoms with van der Waals surface area (Å²) in [4.78, 5) is 2.26. The van der Waals surface area contributed by atoms with Gasteiger partial charge in [-0.05, 0) is 43.1 Å². The smallest absolute Gasteiger partial charge is 0.123 e. The Morgan fingerprint density at radius 3 is 2.76 bits per heavy atom. The molecule has 1 aliphatic heterocycles. The molecule has 0 spiro atoms. The lowest BCUT2D eigenvalue weighted by Crippen LogP contribution is -2.36. The summed E-state index contributed by atoms with van der Waals surface area (Å²) in [5.41, 5.74) is 7.70. The van der Waals surface area contributed by atoms with E-state index in [1.165, 1.54) is 6.07 Å². The molecule has 1 aromatic carbocycles. The lowest BCUT2D eigenvalue weighted by Gasteiger charge is -2.30. The zero-order chi connectivity index (χ0) is 12.1. The molecule has 2 rings (SSSR count). The maximum atomic E-state index is 13.3. The number of hydrogen-bond donors (Lipinski definition) is 1. The van der Waals surface area contributed by atoms with Gasteiger partial charge in [0, 0.05) is 18.8 Å². The topological polar surface area (TPSA) is 38.5 Å². The van der Waals surface area contributed by atoms with Gasteiger partial charge in [0.05, 0.1) is 13.2 Å². The van der Waals surface area contributed by atoms with Crippen molar-refractivity contribution in [1.29, 1.82) is 0 Å². The molecule has 0 unspecified atom stereocenters. The van der Waals surface area contributed by atoms with Gasteiger partial charge in [0.25, 0.3) is 0 Å². The second-order valence-electron chi connectivity index (χ2n) is 4.26. The summed E-state index contributed by atoms with van der Waals surface area (Å²) in [7, 11) is 0. The summed E-state index contributed by atoms with van der Waals surface area (Å²) >= 11 is 0. The molecular weight excluding hydrogens is 219 g/mol. The minimum atomic E-state index is -0.172. The Bertz CT molecular complexity index is 364. The van der Waals surface area contributed by atoms with E-state index in [-0.39, 0.29) is 5.82 Å². The van der Waals surface area contributed by atoms with E-state index in [4.69, 9.17) is 10.5 Å². The van der Waals surface area contributed by atoms with Crippen molar-refractivity contribution in [1.82, 2.24) is 0 Å². The van der Waals surface area contributed by atoms with E-state index >= 15 is 0 Å². The molecule has 1 heterocycles. The first-order valence-electron chi connectivity index (χ1n) is 6.12. The van der Waals surface area contributed by atoms with Crippen LogP contribution in [0.4, 0.5) is 10.1 Å². The molecule has 0 aliphatic carbocycles. The van der Waals surface area contributed by atoms with Crippen LogP contribution >= 0.6 is 0 Å². The molecule has 0 amide bonds. The average molecular weight is 238 g/mol. The zero-order valence-electron chi connectivity index (χ0n) is 9.99. The second-order valence-corrected chi connectivity index (χ2v) is 4.26. The summed E-state index contributed by atoms with van der Waals surface area (Å²) in [6.07, 6.45) is 1.72. The molecule has 0 saturated carbocycles. The van der Waals surface area contributed by atoms with Crippen molar-refractivity contribution in [2.24, 2.45) is 5.73 Å². The number of nitrogens with zero attached hydrogens (tertiary/aromatic N) is 1. The summed E-state index contributed by atoms with van der Waals surface area (Å²) < 4.78 is 18.6. The highest BCUT2D eigenvalue weighted by Crippen LogP contribution is 2.23. The highest BCUT2D eigenvalue weighted by atomic mass is 19.1. The summed E-state index contributed by atoms with van der Waals surface area (Å²) in [5, 5.41) is 0. The number of morpholine rings is 1. The van der Waals surface area contributed by atoms with E-state index in [9.17, 15) is 4.39 Å². The number of nitrogens with two attached hydrogens (primary N) is 1. The Hall–Kier alpha value is -1.13. The summed E-state index contributed by atoms with van der Waals surface area (Å²) in [6, 6.07) is 5.02. The van der Waals surface area contributed by atoms with Crippen LogP contribution in [0, 0.1) is 5.82 Å². The standard InChI is InChI=1S/C13H19FN2O/c14-12-3-4-13(11(10-12)2-1-5-15)16-6-8-17-9-7-16/h3-4,10H,1-2,5-9,15H2. The molecule has 17 heavy (non-hydrogen) atoms. The van der Waals surface area contributed by atoms with Crippen LogP contribution in [0.2, 0.25) is 0 Å². The van der Waals surface area contributed by atoms with Gasteiger partial charge in [0.15, 0.2) is 0 Å². The van der Waals surface area contributed by atoms with Crippen molar-refractivity contribution >= 4 is 5.69 Å². The Kier molecular flexibility index (Phi) is 4.34. The van der Waals surface area contributed by atoms with Gasteiger partial charge in [-0.2, -0.15) is 0 Å². The van der Waals surface area contributed by atoms with Crippen LogP contribution in [0.15, 0.2) is 18.2 Å². The van der Waals surface area contributed by atoms with Gasteiger partial charge in [-0.15, -0.1) is 0 Å². The van der Waals surface area contributed by atoms with E-state index < -0.39 is 0 Å². The molecule has 1 aromatic rings. The third-order valence-corrected chi connectivity index (χ3v) is 3.04. The quantitative estimate of drug-likeness (QED) is 0.865. The third-order valence-electron chi connectivity index (χ3n) is 3.04. The van der Waals surface area contributed by atoms with Crippen molar-refractivity contribution in [3.05, 3.63) is 29.6 Å². The minimum Gasteiger partial charge on any atom is -0.378 e. The number of rotatable bonds is 4. The Morgan fingerprint density at radius 2 is 2.06 bits per heavy atom. The average Bonchev–Trinajstić information content (AvgIpc) is 2.37. The number of anilines is 1. The van der Waals surface area contributed by atoms with E-state index in [0.29, 0.717) is 6.54 Å². The van der Waals surface area contributed by atoms with Crippen molar-refractivity contribution in [3.63, 3.8) is 0 Å². The molecule has 0 aromatic heterocycles. The number of aryl methyl sites for hydroxylation is 1. The predicted octanol–water partition coefficient (Wildman–Crippen LogP) is 1.55. The van der Waals surface area contributed by atoms with Crippen LogP contribution in [0.25, 0.3) is 0 Å². The highest BCUT2D eigenvalue weighted by molar-refractivity contribution is 5.54. The van der Waals surface area contributed by atoms with E-state index in [2.05, 4.69) is 4.90 Å². The van der Waals surface area contributed by atoms with Gasteiger partial charge in [-0.3, -0.25) is 0 Å². The number of ether oxygens (including phenoxy) is 1. The van der Waals surface area contributed by atoms with Crippen LogP contribution in [-0.2, 0) is 11.2 Å². The minimum absolute atomic E-state index is 0.172. The second kappa shape index (κ2) is 5.98. The van der Waals surface area contributed by atoms with Crippen LogP contribution in [0.1, 0.15) is 12.0 Å². The largest absolute Gasteiger partial charge is 0.378 e. The molecule has 0 atom stereocenters. The first-order chi connectivity index (χ1) is 8.31. The lowest BCUT2D eigenvalue weighted by molar-refractivity contribution is 0.122. The molecule has 1 fully saturated rings. The summed E-state index contributed by atoms with van der Waals surface area (Å²) in [6.45, 7) is 3.88. The SMILES string of the molecule is NCCCc1cc(F)ccc1N1CCOCC1. The van der Waals surface area contributed by atoms with Gasteiger partial charge in [-0.1, -0.05) is 0 Å². The zero-order valence-corrected chi connectivity index (χ0v) is 9.99. The fourth-order valence-corrected chi connectivity index (χ4v) is 2.16. The van der Waals surface area contributed by atoms with Crippen LogP contribution in [0.5, 0.6) is 0 Å². The molecule has 1 saturated heterocycles. The molecule has 4 heteroatoms. The van der Waals surface area contributed by atoms with Gasteiger partial charge in [0.1, 0.15) is 5.82 Å². The fourth-order valence-electron chi connectivity index (χ4n) is 2.16. The lowest BCUT2D eigenvalue weighted by atomic mass is 10.1. The molecule has 2 N–H and O–H groups in total. The Labute approximate surface area is 101 Å². The van der Waals surface area contributed by atoms with Gasteiger partial charge < -0.3 is 15.4 Å². The maximum Gasteiger partial charge on any atom is 0.123 e. The maximum absolute atomic E-state index is 13.3. The number of hydrogen-bond acceptors (Lipinski definition) is 3. The first-order valence-corrected chi connectivity index (χ1v) is 6.12. The molecular formula is C13H19FN2O. The molecule has 3 nitrogen and oxygen atoms in total. The molecule has 94 valence electrons.